The van der Waals surface area contributed by atoms with Gasteiger partial charge in [0, 0.05) is 22.5 Å². The molecule has 0 spiro atoms. The quantitative estimate of drug-likeness (QED) is 0.198. The molecule has 3 aromatic carbocycles. The molecule has 4 rings (SSSR count). The van der Waals surface area contributed by atoms with Crippen LogP contribution in [0.4, 0.5) is 5.69 Å². The summed E-state index contributed by atoms with van der Waals surface area (Å²) in [5.41, 5.74) is 0.967. The highest BCUT2D eigenvalue weighted by Gasteiger charge is 2.35. The summed E-state index contributed by atoms with van der Waals surface area (Å²) in [5, 5.41) is 3.58. The van der Waals surface area contributed by atoms with E-state index in [1.807, 2.05) is 26.2 Å². The molecule has 0 aliphatic heterocycles. The Hall–Kier alpha value is -3.21. The third-order valence-corrected chi connectivity index (χ3v) is 10.6. The summed E-state index contributed by atoms with van der Waals surface area (Å²) < 4.78 is 34.9. The van der Waals surface area contributed by atoms with Crippen molar-refractivity contribution in [2.75, 3.05) is 23.7 Å². The molecule has 0 saturated heterocycles. The number of carbonyl (C=O) groups is 2. The highest BCUT2D eigenvalue weighted by molar-refractivity contribution is 7.98. The van der Waals surface area contributed by atoms with E-state index in [0.717, 1.165) is 34.9 Å². The molecule has 1 aliphatic rings. The fraction of sp³-hybridized carbons (Fsp3) is 0.394. The van der Waals surface area contributed by atoms with E-state index in [1.54, 1.807) is 66.7 Å². The van der Waals surface area contributed by atoms with Gasteiger partial charge in [-0.2, -0.15) is 0 Å². The van der Waals surface area contributed by atoms with Gasteiger partial charge in [0.25, 0.3) is 10.0 Å². The van der Waals surface area contributed by atoms with Crippen LogP contribution in [-0.2, 0) is 26.2 Å². The highest BCUT2D eigenvalue weighted by Crippen LogP contribution is 2.29. The van der Waals surface area contributed by atoms with Gasteiger partial charge in [0.05, 0.1) is 17.2 Å². The van der Waals surface area contributed by atoms with Gasteiger partial charge in [-0.3, -0.25) is 13.9 Å². The van der Waals surface area contributed by atoms with Crippen LogP contribution in [0.3, 0.4) is 0 Å². The van der Waals surface area contributed by atoms with Crippen LogP contribution in [0.15, 0.2) is 82.6 Å². The van der Waals surface area contributed by atoms with Crippen LogP contribution in [0.5, 0.6) is 5.75 Å². The number of benzene rings is 3. The van der Waals surface area contributed by atoms with Crippen molar-refractivity contribution < 1.29 is 22.7 Å². The van der Waals surface area contributed by atoms with E-state index in [-0.39, 0.29) is 23.4 Å². The van der Waals surface area contributed by atoms with E-state index in [0.29, 0.717) is 35.1 Å². The lowest BCUT2D eigenvalue weighted by Gasteiger charge is -2.34. The zero-order chi connectivity index (χ0) is 31.7. The number of carbonyl (C=O) groups excluding carboxylic acids is 2. The van der Waals surface area contributed by atoms with Crippen molar-refractivity contribution in [3.05, 3.63) is 83.4 Å². The molecular weight excluding hydrogens is 618 g/mol. The normalized spacial score (nSPS) is 14.2. The number of rotatable bonds is 14. The molecule has 1 fully saturated rings. The molecular formula is C33H40ClN3O5S2. The summed E-state index contributed by atoms with van der Waals surface area (Å²) >= 11 is 8.00. The molecule has 44 heavy (non-hydrogen) atoms. The summed E-state index contributed by atoms with van der Waals surface area (Å²) in [6.07, 6.45) is 6.17. The second-order valence-electron chi connectivity index (χ2n) is 10.6. The minimum Gasteiger partial charge on any atom is -0.494 e. The zero-order valence-corrected chi connectivity index (χ0v) is 27.8. The van der Waals surface area contributed by atoms with E-state index in [4.69, 9.17) is 16.3 Å². The van der Waals surface area contributed by atoms with Gasteiger partial charge in [-0.1, -0.05) is 49.6 Å². The minimum absolute atomic E-state index is 0.0503. The Labute approximate surface area is 270 Å². The molecule has 8 nitrogen and oxygen atoms in total. The first-order chi connectivity index (χ1) is 21.2. The molecule has 2 amide bonds. The van der Waals surface area contributed by atoms with Gasteiger partial charge in [0.2, 0.25) is 11.8 Å². The Morgan fingerprint density at radius 1 is 1.00 bits per heavy atom. The Balaban J connectivity index is 1.72. The molecule has 11 heteroatoms. The maximum atomic E-state index is 14.3. The van der Waals surface area contributed by atoms with Crippen LogP contribution in [0.1, 0.15) is 51.5 Å². The molecule has 0 aromatic heterocycles. The van der Waals surface area contributed by atoms with Gasteiger partial charge >= 0.3 is 0 Å². The maximum Gasteiger partial charge on any atom is 0.264 e. The van der Waals surface area contributed by atoms with E-state index < -0.39 is 28.5 Å². The van der Waals surface area contributed by atoms with Crippen LogP contribution in [0, 0.1) is 0 Å². The van der Waals surface area contributed by atoms with Crippen molar-refractivity contribution in [1.82, 2.24) is 10.2 Å². The number of thioether (sulfide) groups is 1. The van der Waals surface area contributed by atoms with Crippen molar-refractivity contribution in [2.24, 2.45) is 0 Å². The highest BCUT2D eigenvalue weighted by atomic mass is 35.5. The topological polar surface area (TPSA) is 96.0 Å². The number of anilines is 1. The second kappa shape index (κ2) is 15.7. The van der Waals surface area contributed by atoms with Crippen molar-refractivity contribution in [3.63, 3.8) is 0 Å². The standard InChI is InChI=1S/C33H40ClN3O5S2/c1-4-31(33(39)35-25-11-7-8-12-25)36(22-24-10-6-9-13-30(24)34)32(38)23-37(26-14-16-27(17-15-26)42-5-2)44(40,41)29-20-18-28(43-3)19-21-29/h6,9-10,13-21,25,31H,4-5,7-8,11-12,22-23H2,1-3H3,(H,35,39)/t31-/m1/s1. The third-order valence-electron chi connectivity index (χ3n) is 7.75. The molecule has 1 saturated carbocycles. The number of nitrogens with one attached hydrogen (secondary N) is 1. The first-order valence-electron chi connectivity index (χ1n) is 14.9. The SMILES string of the molecule is CCOc1ccc(N(CC(=O)N(Cc2ccccc2Cl)[C@H](CC)C(=O)NC2CCCC2)S(=O)(=O)c2ccc(SC)cc2)cc1. The van der Waals surface area contributed by atoms with E-state index >= 15 is 0 Å². The summed E-state index contributed by atoms with van der Waals surface area (Å²) in [7, 11) is -4.18. The maximum absolute atomic E-state index is 14.3. The van der Waals surface area contributed by atoms with Gasteiger partial charge in [-0.25, -0.2) is 8.42 Å². The number of hydrogen-bond acceptors (Lipinski definition) is 6. The monoisotopic (exact) mass is 657 g/mol. The van der Waals surface area contributed by atoms with Crippen LogP contribution < -0.4 is 14.4 Å². The first kappa shape index (κ1) is 33.7. The predicted octanol–water partition coefficient (Wildman–Crippen LogP) is 6.52. The summed E-state index contributed by atoms with van der Waals surface area (Å²) in [5.74, 6) is -0.182. The number of hydrogen-bond donors (Lipinski definition) is 1. The molecule has 3 aromatic rings. The largest absolute Gasteiger partial charge is 0.494 e. The molecule has 1 atom stereocenters. The average Bonchev–Trinajstić information content (AvgIpc) is 3.54. The van der Waals surface area contributed by atoms with Crippen molar-refractivity contribution in [3.8, 4) is 5.75 Å². The van der Waals surface area contributed by atoms with Crippen LogP contribution in [-0.4, -0.2) is 56.6 Å². The number of ether oxygens (including phenoxy) is 1. The van der Waals surface area contributed by atoms with Gasteiger partial charge in [-0.15, -0.1) is 11.8 Å². The van der Waals surface area contributed by atoms with E-state index in [9.17, 15) is 18.0 Å². The van der Waals surface area contributed by atoms with Crippen LogP contribution in [0.25, 0.3) is 0 Å². The Kier molecular flexibility index (Phi) is 12.0. The van der Waals surface area contributed by atoms with Gasteiger partial charge < -0.3 is 15.0 Å². The summed E-state index contributed by atoms with van der Waals surface area (Å²) in [6, 6.07) is 19.5. The van der Waals surface area contributed by atoms with Crippen molar-refractivity contribution in [1.29, 1.82) is 0 Å². The third kappa shape index (κ3) is 8.28. The Morgan fingerprint density at radius 3 is 2.25 bits per heavy atom. The fourth-order valence-corrected chi connectivity index (χ4v) is 7.39. The Bertz CT molecular complexity index is 1510. The molecule has 0 bridgehead atoms. The zero-order valence-electron chi connectivity index (χ0n) is 25.4. The second-order valence-corrected chi connectivity index (χ2v) is 13.8. The number of sulfonamides is 1. The smallest absolute Gasteiger partial charge is 0.264 e. The molecule has 0 heterocycles. The van der Waals surface area contributed by atoms with Crippen LogP contribution in [0.2, 0.25) is 5.02 Å². The Morgan fingerprint density at radius 2 is 1.66 bits per heavy atom. The molecule has 1 aliphatic carbocycles. The molecule has 236 valence electrons. The predicted molar refractivity (Wildman–Crippen MR) is 177 cm³/mol. The molecule has 0 unspecified atom stereocenters. The molecule has 1 N–H and O–H groups in total. The minimum atomic E-state index is -4.18. The van der Waals surface area contributed by atoms with E-state index in [2.05, 4.69) is 5.32 Å². The van der Waals surface area contributed by atoms with Gasteiger partial charge in [0.15, 0.2) is 0 Å². The number of amides is 2. The first-order valence-corrected chi connectivity index (χ1v) is 17.9. The van der Waals surface area contributed by atoms with Crippen LogP contribution >= 0.6 is 23.4 Å². The lowest BCUT2D eigenvalue weighted by atomic mass is 10.1. The summed E-state index contributed by atoms with van der Waals surface area (Å²) in [6.45, 7) is 3.70. The number of nitrogens with zero attached hydrogens (tertiary/aromatic N) is 2. The lowest BCUT2D eigenvalue weighted by molar-refractivity contribution is -0.140. The lowest BCUT2D eigenvalue weighted by Crippen LogP contribution is -2.53. The summed E-state index contributed by atoms with van der Waals surface area (Å²) in [4.78, 5) is 30.3. The number of halogens is 1. The van der Waals surface area contributed by atoms with E-state index in [1.165, 1.54) is 16.7 Å². The average molecular weight is 658 g/mol. The van der Waals surface area contributed by atoms with Gasteiger partial charge in [-0.05, 0) is 92.6 Å². The van der Waals surface area contributed by atoms with Crippen molar-refractivity contribution in [2.45, 2.75) is 74.4 Å². The van der Waals surface area contributed by atoms with Crippen molar-refractivity contribution >= 4 is 50.9 Å². The fourth-order valence-electron chi connectivity index (χ4n) is 5.38. The van der Waals surface area contributed by atoms with Gasteiger partial charge in [0.1, 0.15) is 18.3 Å². The molecule has 0 radical (unpaired) electrons.